The van der Waals surface area contributed by atoms with Gasteiger partial charge in [0.2, 0.25) is 5.91 Å². The number of thiazole rings is 1. The van der Waals surface area contributed by atoms with E-state index in [0.717, 1.165) is 11.1 Å². The van der Waals surface area contributed by atoms with Gasteiger partial charge in [-0.2, -0.15) is 0 Å². The van der Waals surface area contributed by atoms with Crippen LogP contribution in [-0.4, -0.2) is 22.0 Å². The maximum atomic E-state index is 12.0. The molecule has 0 radical (unpaired) electrons. The average Bonchev–Trinajstić information content (AvgIpc) is 2.91. The first-order chi connectivity index (χ1) is 9.97. The van der Waals surface area contributed by atoms with E-state index in [9.17, 15) is 9.59 Å². The summed E-state index contributed by atoms with van der Waals surface area (Å²) in [5.41, 5.74) is 2.06. The van der Waals surface area contributed by atoms with Crippen molar-refractivity contribution >= 4 is 23.2 Å². The summed E-state index contributed by atoms with van der Waals surface area (Å²) in [4.78, 5) is 26.8. The molecular formula is C15H16N2O3S. The summed E-state index contributed by atoms with van der Waals surface area (Å²) >= 11 is 1.23. The smallest absolute Gasteiger partial charge is 0.355 e. The monoisotopic (exact) mass is 304 g/mol. The van der Waals surface area contributed by atoms with Gasteiger partial charge in [-0.05, 0) is 25.0 Å². The third-order valence-corrected chi connectivity index (χ3v) is 4.13. The van der Waals surface area contributed by atoms with Gasteiger partial charge in [-0.1, -0.05) is 24.3 Å². The summed E-state index contributed by atoms with van der Waals surface area (Å²) in [6, 6.07) is 7.42. The highest BCUT2D eigenvalue weighted by atomic mass is 32.1. The van der Waals surface area contributed by atoms with Crippen molar-refractivity contribution in [2.75, 3.05) is 0 Å². The van der Waals surface area contributed by atoms with Crippen molar-refractivity contribution in [2.45, 2.75) is 26.3 Å². The number of aromatic nitrogens is 1. The van der Waals surface area contributed by atoms with E-state index >= 15 is 0 Å². The zero-order valence-electron chi connectivity index (χ0n) is 11.8. The van der Waals surface area contributed by atoms with Crippen LogP contribution in [-0.2, 0) is 11.2 Å². The van der Waals surface area contributed by atoms with Crippen molar-refractivity contribution in [1.29, 1.82) is 0 Å². The zero-order chi connectivity index (χ0) is 15.4. The predicted molar refractivity (Wildman–Crippen MR) is 80.5 cm³/mol. The van der Waals surface area contributed by atoms with Crippen LogP contribution in [0.25, 0.3) is 0 Å². The summed E-state index contributed by atoms with van der Waals surface area (Å²) in [5.74, 6) is -1.17. The van der Waals surface area contributed by atoms with Crippen molar-refractivity contribution in [2.24, 2.45) is 0 Å². The van der Waals surface area contributed by atoms with Gasteiger partial charge in [-0.25, -0.2) is 9.78 Å². The molecule has 0 bridgehead atoms. The fourth-order valence-corrected chi connectivity index (χ4v) is 2.72. The molecular weight excluding hydrogens is 288 g/mol. The lowest BCUT2D eigenvalue weighted by Crippen LogP contribution is -2.28. The van der Waals surface area contributed by atoms with Crippen LogP contribution in [0.15, 0.2) is 29.6 Å². The molecule has 2 N–H and O–H groups in total. The summed E-state index contributed by atoms with van der Waals surface area (Å²) in [6.45, 7) is 3.76. The molecule has 21 heavy (non-hydrogen) atoms. The Kier molecular flexibility index (Phi) is 4.70. The predicted octanol–water partition coefficient (Wildman–Crippen LogP) is 2.57. The SMILES string of the molecule is Cc1ccccc1CC(=O)NC(C)c1nc(C(=O)O)cs1. The number of benzene rings is 1. The third kappa shape index (κ3) is 3.88. The minimum absolute atomic E-state index is 0.00926. The Labute approximate surface area is 126 Å². The second kappa shape index (κ2) is 6.49. The number of carboxylic acids is 1. The van der Waals surface area contributed by atoms with Gasteiger partial charge in [-0.15, -0.1) is 11.3 Å². The number of carboxylic acid groups (broad SMARTS) is 1. The number of carbonyl (C=O) groups is 2. The molecule has 6 heteroatoms. The molecule has 1 amide bonds. The number of amides is 1. The number of rotatable bonds is 5. The highest BCUT2D eigenvalue weighted by Crippen LogP contribution is 2.18. The van der Waals surface area contributed by atoms with E-state index in [4.69, 9.17) is 5.11 Å². The fraction of sp³-hybridized carbons (Fsp3) is 0.267. The van der Waals surface area contributed by atoms with Crippen molar-refractivity contribution < 1.29 is 14.7 Å². The normalized spacial score (nSPS) is 11.9. The lowest BCUT2D eigenvalue weighted by atomic mass is 10.1. The zero-order valence-corrected chi connectivity index (χ0v) is 12.6. The molecule has 0 aliphatic heterocycles. The van der Waals surface area contributed by atoms with E-state index in [1.54, 1.807) is 6.92 Å². The molecule has 0 aliphatic rings. The first-order valence-electron chi connectivity index (χ1n) is 6.50. The molecule has 110 valence electrons. The molecule has 0 aliphatic carbocycles. The molecule has 1 unspecified atom stereocenters. The van der Waals surface area contributed by atoms with E-state index < -0.39 is 5.97 Å². The standard InChI is InChI=1S/C15H16N2O3S/c1-9-5-3-4-6-11(9)7-13(18)16-10(2)14-17-12(8-21-14)15(19)20/h3-6,8,10H,7H2,1-2H3,(H,16,18)(H,19,20). The molecule has 0 fully saturated rings. The molecule has 1 atom stereocenters. The van der Waals surface area contributed by atoms with Crippen LogP contribution in [0.1, 0.15) is 39.6 Å². The van der Waals surface area contributed by atoms with E-state index in [0.29, 0.717) is 11.4 Å². The number of carbonyl (C=O) groups excluding carboxylic acids is 1. The molecule has 1 aromatic heterocycles. The van der Waals surface area contributed by atoms with E-state index in [1.807, 2.05) is 31.2 Å². The number of aryl methyl sites for hydroxylation is 1. The maximum absolute atomic E-state index is 12.0. The minimum atomic E-state index is -1.06. The maximum Gasteiger partial charge on any atom is 0.355 e. The Morgan fingerprint density at radius 2 is 2.10 bits per heavy atom. The highest BCUT2D eigenvalue weighted by Gasteiger charge is 2.16. The van der Waals surface area contributed by atoms with Crippen LogP contribution in [0.5, 0.6) is 0 Å². The lowest BCUT2D eigenvalue weighted by Gasteiger charge is -2.12. The van der Waals surface area contributed by atoms with Crippen molar-refractivity contribution in [3.63, 3.8) is 0 Å². The minimum Gasteiger partial charge on any atom is -0.476 e. The van der Waals surface area contributed by atoms with Crippen LogP contribution in [0, 0.1) is 6.92 Å². The van der Waals surface area contributed by atoms with Crippen LogP contribution >= 0.6 is 11.3 Å². The van der Waals surface area contributed by atoms with Crippen molar-refractivity contribution in [3.05, 3.63) is 51.5 Å². The van der Waals surface area contributed by atoms with Crippen molar-refractivity contribution in [3.8, 4) is 0 Å². The molecule has 0 spiro atoms. The first-order valence-corrected chi connectivity index (χ1v) is 7.38. The van der Waals surface area contributed by atoms with E-state index in [1.165, 1.54) is 16.7 Å². The van der Waals surface area contributed by atoms with Gasteiger partial charge in [0.25, 0.3) is 0 Å². The van der Waals surface area contributed by atoms with Crippen LogP contribution < -0.4 is 5.32 Å². The molecule has 1 aromatic carbocycles. The number of hydrogen-bond donors (Lipinski definition) is 2. The molecule has 2 aromatic rings. The first kappa shape index (κ1) is 15.2. The van der Waals surface area contributed by atoms with Gasteiger partial charge in [0.15, 0.2) is 5.69 Å². The van der Waals surface area contributed by atoms with Gasteiger partial charge in [-0.3, -0.25) is 4.79 Å². The molecule has 0 saturated carbocycles. The van der Waals surface area contributed by atoms with Crippen LogP contribution in [0.4, 0.5) is 0 Å². The third-order valence-electron chi connectivity index (χ3n) is 3.10. The average molecular weight is 304 g/mol. The number of nitrogens with zero attached hydrogens (tertiary/aromatic N) is 1. The van der Waals surface area contributed by atoms with Gasteiger partial charge >= 0.3 is 5.97 Å². The van der Waals surface area contributed by atoms with Gasteiger partial charge in [0.1, 0.15) is 5.01 Å². The fourth-order valence-electron chi connectivity index (χ4n) is 1.92. The Balaban J connectivity index is 1.98. The lowest BCUT2D eigenvalue weighted by molar-refractivity contribution is -0.121. The Hall–Kier alpha value is -2.21. The second-order valence-electron chi connectivity index (χ2n) is 4.77. The van der Waals surface area contributed by atoms with Crippen molar-refractivity contribution in [1.82, 2.24) is 10.3 Å². The van der Waals surface area contributed by atoms with Gasteiger partial charge in [0, 0.05) is 5.38 Å². The summed E-state index contributed by atoms with van der Waals surface area (Å²) < 4.78 is 0. The number of aromatic carboxylic acids is 1. The van der Waals surface area contributed by atoms with Crippen LogP contribution in [0.3, 0.4) is 0 Å². The molecule has 1 heterocycles. The summed E-state index contributed by atoms with van der Waals surface area (Å²) in [5, 5.41) is 13.7. The Morgan fingerprint density at radius 3 is 2.71 bits per heavy atom. The largest absolute Gasteiger partial charge is 0.476 e. The van der Waals surface area contributed by atoms with E-state index in [2.05, 4.69) is 10.3 Å². The van der Waals surface area contributed by atoms with E-state index in [-0.39, 0.29) is 17.6 Å². The van der Waals surface area contributed by atoms with Crippen LogP contribution in [0.2, 0.25) is 0 Å². The summed E-state index contributed by atoms with van der Waals surface area (Å²) in [7, 11) is 0. The Morgan fingerprint density at radius 1 is 1.38 bits per heavy atom. The second-order valence-corrected chi connectivity index (χ2v) is 5.66. The Bertz CT molecular complexity index is 666. The molecule has 2 rings (SSSR count). The molecule has 0 saturated heterocycles. The quantitative estimate of drug-likeness (QED) is 0.889. The highest BCUT2D eigenvalue weighted by molar-refractivity contribution is 7.09. The topological polar surface area (TPSA) is 79.3 Å². The number of hydrogen-bond acceptors (Lipinski definition) is 4. The van der Waals surface area contributed by atoms with Gasteiger partial charge in [0.05, 0.1) is 12.5 Å². The summed E-state index contributed by atoms with van der Waals surface area (Å²) in [6.07, 6.45) is 0.300. The van der Waals surface area contributed by atoms with Gasteiger partial charge < -0.3 is 10.4 Å². The number of nitrogens with one attached hydrogen (secondary N) is 1. The molecule has 5 nitrogen and oxygen atoms in total.